The Morgan fingerprint density at radius 2 is 1.89 bits per heavy atom. The number of rotatable bonds is 2. The molecule has 0 bridgehead atoms. The van der Waals surface area contributed by atoms with Crippen LogP contribution in [0.4, 0.5) is 0 Å². The summed E-state index contributed by atoms with van der Waals surface area (Å²) >= 11 is 3.93. The van der Waals surface area contributed by atoms with E-state index in [4.69, 9.17) is 4.52 Å². The van der Waals surface area contributed by atoms with E-state index >= 15 is 0 Å². The van der Waals surface area contributed by atoms with Crippen molar-refractivity contribution in [1.82, 2.24) is 10.1 Å². The Morgan fingerprint density at radius 1 is 1.16 bits per heavy atom. The molecule has 4 nitrogen and oxygen atoms in total. The van der Waals surface area contributed by atoms with E-state index in [0.29, 0.717) is 16.4 Å². The Hall–Kier alpha value is -0.200. The molecule has 2 unspecified atom stereocenters. The van der Waals surface area contributed by atoms with E-state index in [1.165, 1.54) is 11.5 Å². The molecule has 0 spiro atoms. The van der Waals surface area contributed by atoms with Crippen molar-refractivity contribution in [3.63, 3.8) is 0 Å². The maximum absolute atomic E-state index is 9.54. The summed E-state index contributed by atoms with van der Waals surface area (Å²) in [5.41, 5.74) is 0. The highest BCUT2D eigenvalue weighted by molar-refractivity contribution is 8.06. The van der Waals surface area contributed by atoms with Crippen LogP contribution in [-0.2, 0) is 0 Å². The van der Waals surface area contributed by atoms with Gasteiger partial charge in [-0.2, -0.15) is 16.7 Å². The molecule has 1 aromatic heterocycles. The van der Waals surface area contributed by atoms with Gasteiger partial charge in [0.15, 0.2) is 5.82 Å². The molecule has 3 rings (SSSR count). The first-order valence-electron chi connectivity index (χ1n) is 6.99. The Kier molecular flexibility index (Phi) is 4.39. The number of hydrogen-bond donors (Lipinski definition) is 1. The quantitative estimate of drug-likeness (QED) is 0.906. The molecule has 1 aliphatic heterocycles. The van der Waals surface area contributed by atoms with Gasteiger partial charge in [-0.1, -0.05) is 12.1 Å². The second-order valence-corrected chi connectivity index (χ2v) is 8.10. The minimum Gasteiger partial charge on any atom is -0.393 e. The summed E-state index contributed by atoms with van der Waals surface area (Å²) < 4.78 is 5.48. The molecule has 1 saturated carbocycles. The molecule has 106 valence electrons. The first kappa shape index (κ1) is 13.8. The smallest absolute Gasteiger partial charge is 0.229 e. The molecule has 2 fully saturated rings. The van der Waals surface area contributed by atoms with Gasteiger partial charge < -0.3 is 9.63 Å². The van der Waals surface area contributed by atoms with Gasteiger partial charge in [-0.3, -0.25) is 0 Å². The summed E-state index contributed by atoms with van der Waals surface area (Å²) in [6.45, 7) is 2.24. The molecule has 1 saturated heterocycles. The lowest BCUT2D eigenvalue weighted by molar-refractivity contribution is 0.116. The predicted molar refractivity (Wildman–Crippen MR) is 78.6 cm³/mol. The number of nitrogens with zero attached hydrogens (tertiary/aromatic N) is 2. The normalized spacial score (nSPS) is 36.3. The van der Waals surface area contributed by atoms with Crippen LogP contribution in [0.15, 0.2) is 4.52 Å². The van der Waals surface area contributed by atoms with Crippen LogP contribution in [0.2, 0.25) is 0 Å². The van der Waals surface area contributed by atoms with Gasteiger partial charge >= 0.3 is 0 Å². The third kappa shape index (κ3) is 3.11. The molecule has 6 heteroatoms. The minimum atomic E-state index is -0.135. The zero-order valence-corrected chi connectivity index (χ0v) is 12.8. The number of aliphatic hydroxyl groups excluding tert-OH is 1. The first-order chi connectivity index (χ1) is 9.24. The third-order valence-corrected chi connectivity index (χ3v) is 7.03. The highest BCUT2D eigenvalue weighted by atomic mass is 32.2. The first-order valence-corrected chi connectivity index (χ1v) is 9.08. The number of aromatic nitrogens is 2. The highest BCUT2D eigenvalue weighted by Gasteiger charge is 2.31. The second kappa shape index (κ2) is 6.06. The van der Waals surface area contributed by atoms with E-state index < -0.39 is 0 Å². The van der Waals surface area contributed by atoms with Crippen LogP contribution < -0.4 is 0 Å². The average molecular weight is 300 g/mol. The zero-order chi connectivity index (χ0) is 13.2. The molecule has 19 heavy (non-hydrogen) atoms. The Balaban J connectivity index is 1.68. The lowest BCUT2D eigenvalue weighted by Crippen LogP contribution is -2.18. The van der Waals surface area contributed by atoms with Gasteiger partial charge in [0.2, 0.25) is 5.89 Å². The van der Waals surface area contributed by atoms with Crippen molar-refractivity contribution >= 4 is 23.5 Å². The largest absolute Gasteiger partial charge is 0.393 e. The lowest BCUT2D eigenvalue weighted by atomic mass is 9.87. The van der Waals surface area contributed by atoms with Gasteiger partial charge in [-0.05, 0) is 25.7 Å². The van der Waals surface area contributed by atoms with Gasteiger partial charge in [-0.15, -0.1) is 11.8 Å². The lowest BCUT2D eigenvalue weighted by Gasteiger charge is -2.25. The molecule has 0 amide bonds. The zero-order valence-electron chi connectivity index (χ0n) is 11.1. The molecule has 2 aliphatic rings. The summed E-state index contributed by atoms with van der Waals surface area (Å²) in [6.07, 6.45) is 3.50. The molecule has 2 atom stereocenters. The van der Waals surface area contributed by atoms with Crippen LogP contribution in [0.25, 0.3) is 0 Å². The van der Waals surface area contributed by atoms with Gasteiger partial charge in [0.1, 0.15) is 0 Å². The molecular formula is C13H20N2O2S2. The van der Waals surface area contributed by atoms with E-state index in [-0.39, 0.29) is 6.10 Å². The fourth-order valence-electron chi connectivity index (χ4n) is 2.77. The minimum absolute atomic E-state index is 0.135. The SMILES string of the molecule is CC1SCCSC1c1noc(C2CCC(O)CC2)n1. The van der Waals surface area contributed by atoms with E-state index in [0.717, 1.165) is 37.4 Å². The van der Waals surface area contributed by atoms with Crippen LogP contribution in [0.5, 0.6) is 0 Å². The van der Waals surface area contributed by atoms with Crippen molar-refractivity contribution in [2.45, 2.75) is 55.1 Å². The maximum atomic E-state index is 9.54. The summed E-state index contributed by atoms with van der Waals surface area (Å²) in [5, 5.41) is 14.7. The van der Waals surface area contributed by atoms with Gasteiger partial charge in [0.05, 0.1) is 11.4 Å². The molecule has 0 aromatic carbocycles. The Bertz CT molecular complexity index is 419. The summed E-state index contributed by atoms with van der Waals surface area (Å²) in [5.74, 6) is 4.38. The van der Waals surface area contributed by atoms with Crippen LogP contribution in [0.1, 0.15) is 55.5 Å². The Morgan fingerprint density at radius 3 is 2.63 bits per heavy atom. The highest BCUT2D eigenvalue weighted by Crippen LogP contribution is 2.42. The predicted octanol–water partition coefficient (Wildman–Crippen LogP) is 3.00. The van der Waals surface area contributed by atoms with E-state index in [9.17, 15) is 5.11 Å². The fourth-order valence-corrected chi connectivity index (χ4v) is 5.45. The van der Waals surface area contributed by atoms with Crippen molar-refractivity contribution in [1.29, 1.82) is 0 Å². The van der Waals surface area contributed by atoms with Crippen LogP contribution in [-0.4, -0.2) is 38.1 Å². The second-order valence-electron chi connectivity index (χ2n) is 5.36. The Labute approximate surface area is 122 Å². The van der Waals surface area contributed by atoms with Crippen molar-refractivity contribution in [2.24, 2.45) is 0 Å². The van der Waals surface area contributed by atoms with E-state index in [1.54, 1.807) is 0 Å². The third-order valence-electron chi connectivity index (χ3n) is 3.95. The summed E-state index contributed by atoms with van der Waals surface area (Å²) in [4.78, 5) is 4.64. The number of thioether (sulfide) groups is 2. The standard InChI is InChI=1S/C13H20N2O2S2/c1-8-11(19-7-6-18-8)12-14-13(17-15-12)9-2-4-10(16)5-3-9/h8-11,16H,2-7H2,1H3. The van der Waals surface area contributed by atoms with Gasteiger partial charge in [-0.25, -0.2) is 0 Å². The number of aliphatic hydroxyl groups is 1. The molecule has 2 heterocycles. The monoisotopic (exact) mass is 300 g/mol. The van der Waals surface area contributed by atoms with E-state index in [2.05, 4.69) is 17.1 Å². The summed E-state index contributed by atoms with van der Waals surface area (Å²) in [6, 6.07) is 0. The molecule has 1 N–H and O–H groups in total. The van der Waals surface area contributed by atoms with Crippen LogP contribution in [0.3, 0.4) is 0 Å². The molecule has 0 radical (unpaired) electrons. The van der Waals surface area contributed by atoms with Crippen molar-refractivity contribution in [3.05, 3.63) is 11.7 Å². The van der Waals surface area contributed by atoms with E-state index in [1.807, 2.05) is 23.5 Å². The molecule has 1 aliphatic carbocycles. The molecular weight excluding hydrogens is 280 g/mol. The summed E-state index contributed by atoms with van der Waals surface area (Å²) in [7, 11) is 0. The van der Waals surface area contributed by atoms with Crippen molar-refractivity contribution < 1.29 is 9.63 Å². The van der Waals surface area contributed by atoms with Gasteiger partial charge in [0, 0.05) is 22.7 Å². The topological polar surface area (TPSA) is 59.2 Å². The average Bonchev–Trinajstić information content (AvgIpc) is 2.89. The van der Waals surface area contributed by atoms with Crippen molar-refractivity contribution in [3.8, 4) is 0 Å². The fraction of sp³-hybridized carbons (Fsp3) is 0.846. The molecule has 1 aromatic rings. The van der Waals surface area contributed by atoms with Gasteiger partial charge in [0.25, 0.3) is 0 Å². The maximum Gasteiger partial charge on any atom is 0.229 e. The van der Waals surface area contributed by atoms with Crippen LogP contribution in [0, 0.1) is 0 Å². The van der Waals surface area contributed by atoms with Crippen LogP contribution >= 0.6 is 23.5 Å². The van der Waals surface area contributed by atoms with Crippen molar-refractivity contribution in [2.75, 3.05) is 11.5 Å². The number of hydrogen-bond acceptors (Lipinski definition) is 6.